The first kappa shape index (κ1) is 19.0. The average Bonchev–Trinajstić information content (AvgIpc) is 2.44. The second-order valence-electron chi connectivity index (χ2n) is 6.08. The van der Waals surface area contributed by atoms with Crippen LogP contribution in [0.15, 0.2) is 29.3 Å². The highest BCUT2D eigenvalue weighted by Crippen LogP contribution is 2.17. The Bertz CT molecular complexity index is 540. The lowest BCUT2D eigenvalue weighted by atomic mass is 10.1. The molecule has 1 rings (SSSR count). The molecule has 4 nitrogen and oxygen atoms in total. The van der Waals surface area contributed by atoms with Crippen LogP contribution in [0.2, 0.25) is 5.02 Å². The Morgan fingerprint density at radius 1 is 1.41 bits per heavy atom. The molecule has 0 amide bonds. The van der Waals surface area contributed by atoms with E-state index < -0.39 is 10.8 Å². The summed E-state index contributed by atoms with van der Waals surface area (Å²) >= 11 is 6.01. The molecule has 22 heavy (non-hydrogen) atoms. The fourth-order valence-corrected chi connectivity index (χ4v) is 2.93. The minimum atomic E-state index is -0.870. The normalized spacial score (nSPS) is 15.3. The Morgan fingerprint density at radius 3 is 2.64 bits per heavy atom. The summed E-state index contributed by atoms with van der Waals surface area (Å²) < 4.78 is 11.8. The first-order valence-corrected chi connectivity index (χ1v) is 9.05. The van der Waals surface area contributed by atoms with Crippen LogP contribution < -0.4 is 10.6 Å². The minimum absolute atomic E-state index is 0.0815. The third-order valence-corrected chi connectivity index (χ3v) is 5.36. The van der Waals surface area contributed by atoms with Crippen LogP contribution in [0.4, 0.5) is 0 Å². The van der Waals surface area contributed by atoms with E-state index >= 15 is 0 Å². The van der Waals surface area contributed by atoms with Crippen LogP contribution in [0.3, 0.4) is 0 Å². The van der Waals surface area contributed by atoms with Crippen LogP contribution >= 0.6 is 11.6 Å². The van der Waals surface area contributed by atoms with E-state index in [4.69, 9.17) is 11.6 Å². The number of nitrogens with zero attached hydrogens (tertiary/aromatic N) is 1. The van der Waals surface area contributed by atoms with Crippen LogP contribution in [0.5, 0.6) is 0 Å². The number of rotatable bonds is 5. The van der Waals surface area contributed by atoms with Crippen molar-refractivity contribution in [1.82, 2.24) is 10.6 Å². The van der Waals surface area contributed by atoms with Gasteiger partial charge < -0.3 is 10.6 Å². The van der Waals surface area contributed by atoms with E-state index in [-0.39, 0.29) is 10.8 Å². The van der Waals surface area contributed by atoms with E-state index in [0.29, 0.717) is 18.3 Å². The lowest BCUT2D eigenvalue weighted by Crippen LogP contribution is -2.41. The summed E-state index contributed by atoms with van der Waals surface area (Å²) in [6.07, 6.45) is 0. The van der Waals surface area contributed by atoms with Crippen molar-refractivity contribution in [3.8, 4) is 0 Å². The van der Waals surface area contributed by atoms with Crippen molar-refractivity contribution in [1.29, 1.82) is 0 Å². The standard InChI is InChI=1S/C16H26ClN3OS/c1-12(13-7-6-8-14(17)11-13)20-15(18-5)19-9-10-22(21)16(2,3)4/h6-8,11-12H,9-10H2,1-5H3,(H2,18,19,20). The van der Waals surface area contributed by atoms with E-state index in [1.165, 1.54) is 0 Å². The summed E-state index contributed by atoms with van der Waals surface area (Å²) in [4.78, 5) is 4.20. The summed E-state index contributed by atoms with van der Waals surface area (Å²) in [7, 11) is 0.853. The maximum Gasteiger partial charge on any atom is 0.191 e. The van der Waals surface area contributed by atoms with E-state index in [2.05, 4.69) is 15.6 Å². The van der Waals surface area contributed by atoms with E-state index in [1.54, 1.807) is 7.05 Å². The van der Waals surface area contributed by atoms with Crippen molar-refractivity contribution >= 4 is 28.4 Å². The summed E-state index contributed by atoms with van der Waals surface area (Å²) in [5.74, 6) is 1.29. The molecule has 0 aliphatic heterocycles. The summed E-state index contributed by atoms with van der Waals surface area (Å²) in [6, 6.07) is 7.82. The molecule has 1 aromatic rings. The maximum atomic E-state index is 12.0. The molecule has 2 atom stereocenters. The third-order valence-electron chi connectivity index (χ3n) is 3.19. The molecule has 0 aliphatic carbocycles. The zero-order chi connectivity index (χ0) is 16.8. The van der Waals surface area contributed by atoms with Gasteiger partial charge in [-0.3, -0.25) is 9.20 Å². The zero-order valence-corrected chi connectivity index (χ0v) is 15.5. The zero-order valence-electron chi connectivity index (χ0n) is 13.9. The van der Waals surface area contributed by atoms with Crippen molar-refractivity contribution in [2.45, 2.75) is 38.5 Å². The fourth-order valence-electron chi connectivity index (χ4n) is 1.83. The van der Waals surface area contributed by atoms with Crippen molar-refractivity contribution in [2.24, 2.45) is 4.99 Å². The van der Waals surface area contributed by atoms with Gasteiger partial charge in [-0.2, -0.15) is 0 Å². The summed E-state index contributed by atoms with van der Waals surface area (Å²) in [5.41, 5.74) is 1.09. The smallest absolute Gasteiger partial charge is 0.191 e. The van der Waals surface area contributed by atoms with Crippen molar-refractivity contribution in [3.63, 3.8) is 0 Å². The van der Waals surface area contributed by atoms with Crippen LogP contribution in [-0.2, 0) is 10.8 Å². The second-order valence-corrected chi connectivity index (χ2v) is 8.84. The van der Waals surface area contributed by atoms with Gasteiger partial charge in [-0.25, -0.2) is 0 Å². The first-order valence-electron chi connectivity index (χ1n) is 7.35. The molecule has 0 saturated heterocycles. The third kappa shape index (κ3) is 6.36. The summed E-state index contributed by atoms with van der Waals surface area (Å²) in [5, 5.41) is 7.22. The van der Waals surface area contributed by atoms with Gasteiger partial charge in [0.15, 0.2) is 5.96 Å². The number of benzene rings is 1. The van der Waals surface area contributed by atoms with Crippen LogP contribution in [0.1, 0.15) is 39.3 Å². The molecule has 124 valence electrons. The molecule has 1 aromatic carbocycles. The molecule has 2 unspecified atom stereocenters. The minimum Gasteiger partial charge on any atom is -0.355 e. The molecule has 0 fully saturated rings. The maximum absolute atomic E-state index is 12.0. The summed E-state index contributed by atoms with van der Waals surface area (Å²) in [6.45, 7) is 8.61. The van der Waals surface area contributed by atoms with Crippen LogP contribution in [0, 0.1) is 0 Å². The number of hydrogen-bond acceptors (Lipinski definition) is 2. The largest absolute Gasteiger partial charge is 0.355 e. The lowest BCUT2D eigenvalue weighted by molar-refractivity contribution is 0.645. The SMILES string of the molecule is CN=C(NCCS(=O)C(C)(C)C)NC(C)c1cccc(Cl)c1. The average molecular weight is 344 g/mol. The Hall–Kier alpha value is -1.07. The molecule has 0 aromatic heterocycles. The molecular weight excluding hydrogens is 318 g/mol. The van der Waals surface area contributed by atoms with Gasteiger partial charge in [0.05, 0.1) is 6.04 Å². The highest BCUT2D eigenvalue weighted by Gasteiger charge is 2.18. The lowest BCUT2D eigenvalue weighted by Gasteiger charge is -2.20. The highest BCUT2D eigenvalue weighted by molar-refractivity contribution is 7.86. The van der Waals surface area contributed by atoms with Gasteiger partial charge >= 0.3 is 0 Å². The molecule has 0 aliphatic rings. The number of halogens is 1. The Kier molecular flexibility index (Phi) is 7.36. The highest BCUT2D eigenvalue weighted by atomic mass is 35.5. The molecule has 2 N–H and O–H groups in total. The molecule has 0 bridgehead atoms. The van der Waals surface area contributed by atoms with E-state index in [0.717, 1.165) is 10.6 Å². The molecule has 0 saturated carbocycles. The number of aliphatic imine (C=N–C) groups is 1. The second kappa shape index (κ2) is 8.53. The number of nitrogens with one attached hydrogen (secondary N) is 2. The molecule has 6 heteroatoms. The Labute approximate surface area is 141 Å². The van der Waals surface area contributed by atoms with Crippen molar-refractivity contribution in [2.75, 3.05) is 19.3 Å². The van der Waals surface area contributed by atoms with Gasteiger partial charge in [-0.05, 0) is 45.4 Å². The van der Waals surface area contributed by atoms with Crippen molar-refractivity contribution in [3.05, 3.63) is 34.9 Å². The first-order chi connectivity index (χ1) is 10.2. The molecule has 0 heterocycles. The topological polar surface area (TPSA) is 53.5 Å². The molecule has 0 spiro atoms. The quantitative estimate of drug-likeness (QED) is 0.638. The van der Waals surface area contributed by atoms with E-state index in [1.807, 2.05) is 52.0 Å². The van der Waals surface area contributed by atoms with Gasteiger partial charge in [0.25, 0.3) is 0 Å². The van der Waals surface area contributed by atoms with Crippen LogP contribution in [-0.4, -0.2) is 34.3 Å². The van der Waals surface area contributed by atoms with Gasteiger partial charge in [-0.15, -0.1) is 0 Å². The number of guanidine groups is 1. The Balaban J connectivity index is 2.51. The van der Waals surface area contributed by atoms with Gasteiger partial charge in [0.1, 0.15) is 0 Å². The molecule has 0 radical (unpaired) electrons. The van der Waals surface area contributed by atoms with Gasteiger partial charge in [0.2, 0.25) is 0 Å². The fraction of sp³-hybridized carbons (Fsp3) is 0.562. The predicted octanol–water partition coefficient (Wildman–Crippen LogP) is 3.11. The Morgan fingerprint density at radius 2 is 2.09 bits per heavy atom. The number of hydrogen-bond donors (Lipinski definition) is 2. The van der Waals surface area contributed by atoms with E-state index in [9.17, 15) is 4.21 Å². The van der Waals surface area contributed by atoms with Gasteiger partial charge in [0, 0.05) is 39.9 Å². The monoisotopic (exact) mass is 343 g/mol. The van der Waals surface area contributed by atoms with Crippen molar-refractivity contribution < 1.29 is 4.21 Å². The molecular formula is C16H26ClN3OS. The predicted molar refractivity (Wildman–Crippen MR) is 97.1 cm³/mol. The van der Waals surface area contributed by atoms with Crippen LogP contribution in [0.25, 0.3) is 0 Å². The van der Waals surface area contributed by atoms with Gasteiger partial charge in [-0.1, -0.05) is 23.7 Å².